The first kappa shape index (κ1) is 13.7. The number of hydrogen-bond acceptors (Lipinski definition) is 3. The van der Waals surface area contributed by atoms with Gasteiger partial charge >= 0.3 is 0 Å². The lowest BCUT2D eigenvalue weighted by Crippen LogP contribution is -2.46. The topological polar surface area (TPSA) is 26.7 Å². The van der Waals surface area contributed by atoms with E-state index in [0.717, 1.165) is 18.5 Å². The van der Waals surface area contributed by atoms with E-state index in [0.29, 0.717) is 6.17 Å². The fourth-order valence-corrected chi connectivity index (χ4v) is 4.06. The van der Waals surface area contributed by atoms with Gasteiger partial charge in [-0.15, -0.1) is 0 Å². The Kier molecular flexibility index (Phi) is 3.35. The zero-order valence-electron chi connectivity index (χ0n) is 12.6. The van der Waals surface area contributed by atoms with Crippen LogP contribution in [0, 0.1) is 0 Å². The van der Waals surface area contributed by atoms with Crippen LogP contribution in [0.4, 0.5) is 5.69 Å². The largest absolute Gasteiger partial charge is 0.392 e. The number of likely N-dealkylation sites (tertiary alicyclic amines) is 1. The minimum atomic E-state index is 0.161. The van der Waals surface area contributed by atoms with Crippen LogP contribution in [0.2, 0.25) is 0 Å². The number of nitrogens with zero attached hydrogens (tertiary/aromatic N) is 2. The van der Waals surface area contributed by atoms with Crippen molar-refractivity contribution in [1.82, 2.24) is 4.90 Å². The van der Waals surface area contributed by atoms with Gasteiger partial charge in [0, 0.05) is 24.7 Å². The molecule has 3 nitrogen and oxygen atoms in total. The van der Waals surface area contributed by atoms with Crippen molar-refractivity contribution >= 4 is 5.69 Å². The molecule has 2 atom stereocenters. The van der Waals surface area contributed by atoms with E-state index < -0.39 is 0 Å². The molecule has 1 aromatic rings. The first-order chi connectivity index (χ1) is 9.60. The van der Waals surface area contributed by atoms with Crippen molar-refractivity contribution in [3.05, 3.63) is 41.5 Å². The van der Waals surface area contributed by atoms with Crippen LogP contribution in [0.15, 0.2) is 35.9 Å². The van der Waals surface area contributed by atoms with Gasteiger partial charge in [0.05, 0.1) is 12.8 Å². The zero-order chi connectivity index (χ0) is 14.3. The third kappa shape index (κ3) is 1.80. The lowest BCUT2D eigenvalue weighted by atomic mass is 9.76. The minimum Gasteiger partial charge on any atom is -0.392 e. The summed E-state index contributed by atoms with van der Waals surface area (Å²) in [6.07, 6.45) is 4.85. The first-order valence-corrected chi connectivity index (χ1v) is 7.39. The Labute approximate surface area is 121 Å². The third-order valence-corrected chi connectivity index (χ3v) is 5.07. The van der Waals surface area contributed by atoms with Crippen LogP contribution >= 0.6 is 0 Å². The Morgan fingerprint density at radius 2 is 2.15 bits per heavy atom. The molecule has 2 aliphatic rings. The maximum absolute atomic E-state index is 9.26. The predicted molar refractivity (Wildman–Crippen MR) is 83.0 cm³/mol. The van der Waals surface area contributed by atoms with E-state index in [4.69, 9.17) is 0 Å². The minimum absolute atomic E-state index is 0.161. The molecule has 0 aromatic heterocycles. The van der Waals surface area contributed by atoms with E-state index in [1.165, 1.54) is 17.7 Å². The van der Waals surface area contributed by atoms with E-state index in [-0.39, 0.29) is 12.0 Å². The molecule has 3 heteroatoms. The number of para-hydroxylation sites is 1. The lowest BCUT2D eigenvalue weighted by molar-refractivity contribution is 0.257. The Balaban J connectivity index is 2.06. The van der Waals surface area contributed by atoms with Gasteiger partial charge in [0.1, 0.15) is 0 Å². The van der Waals surface area contributed by atoms with E-state index in [2.05, 4.69) is 54.2 Å². The second kappa shape index (κ2) is 4.90. The summed E-state index contributed by atoms with van der Waals surface area (Å²) in [5.41, 5.74) is 4.08. The highest BCUT2D eigenvalue weighted by atomic mass is 16.3. The standard InChI is InChI=1S/C17H24N2O/c1-13(12-20)8-9-17-10-11-18(2)16(17)19(3)15-7-5-4-6-14(15)17/h4-8,16,20H,9-12H2,1-3H3/t16-,17+/m1/s1. The second-order valence-electron chi connectivity index (χ2n) is 6.30. The predicted octanol–water partition coefficient (Wildman–Crippen LogP) is 2.36. The van der Waals surface area contributed by atoms with E-state index in [1.807, 2.05) is 6.92 Å². The average Bonchev–Trinajstić information content (AvgIpc) is 2.93. The summed E-state index contributed by atoms with van der Waals surface area (Å²) in [4.78, 5) is 4.88. The van der Waals surface area contributed by atoms with Crippen LogP contribution in [-0.4, -0.2) is 43.4 Å². The number of benzene rings is 1. The van der Waals surface area contributed by atoms with Gasteiger partial charge < -0.3 is 10.0 Å². The number of anilines is 1. The molecule has 0 aliphatic carbocycles. The van der Waals surface area contributed by atoms with Crippen LogP contribution in [-0.2, 0) is 5.41 Å². The van der Waals surface area contributed by atoms with Gasteiger partial charge in [-0.1, -0.05) is 29.8 Å². The van der Waals surface area contributed by atoms with Gasteiger partial charge in [0.15, 0.2) is 0 Å². The molecule has 1 N–H and O–H groups in total. The van der Waals surface area contributed by atoms with Gasteiger partial charge in [-0.05, 0) is 38.4 Å². The number of rotatable bonds is 3. The van der Waals surface area contributed by atoms with Gasteiger partial charge in [-0.25, -0.2) is 0 Å². The van der Waals surface area contributed by atoms with Crippen LogP contribution in [0.5, 0.6) is 0 Å². The molecule has 0 amide bonds. The maximum atomic E-state index is 9.26. The number of aliphatic hydroxyl groups is 1. The molecule has 1 aromatic carbocycles. The summed E-state index contributed by atoms with van der Waals surface area (Å²) < 4.78 is 0. The fraction of sp³-hybridized carbons (Fsp3) is 0.529. The molecule has 2 aliphatic heterocycles. The van der Waals surface area contributed by atoms with Crippen molar-refractivity contribution < 1.29 is 5.11 Å². The SMILES string of the molecule is CC(=CC[C@@]12CCN(C)[C@@H]1N(C)c1ccccc12)CO. The molecule has 0 unspecified atom stereocenters. The summed E-state index contributed by atoms with van der Waals surface area (Å²) >= 11 is 0. The highest BCUT2D eigenvalue weighted by Gasteiger charge is 2.54. The number of hydrogen-bond donors (Lipinski definition) is 1. The van der Waals surface area contributed by atoms with Crippen molar-refractivity contribution in [3.8, 4) is 0 Å². The molecule has 0 spiro atoms. The molecular weight excluding hydrogens is 248 g/mol. The number of likely N-dealkylation sites (N-methyl/N-ethyl adjacent to an activating group) is 2. The molecule has 0 bridgehead atoms. The molecule has 20 heavy (non-hydrogen) atoms. The van der Waals surface area contributed by atoms with E-state index >= 15 is 0 Å². The van der Waals surface area contributed by atoms with Crippen LogP contribution in [0.25, 0.3) is 0 Å². The number of allylic oxidation sites excluding steroid dienone is 1. The molecular formula is C17H24N2O. The van der Waals surface area contributed by atoms with Crippen molar-refractivity contribution in [2.45, 2.75) is 31.3 Å². The van der Waals surface area contributed by atoms with Gasteiger partial charge in [-0.2, -0.15) is 0 Å². The van der Waals surface area contributed by atoms with Crippen LogP contribution < -0.4 is 4.90 Å². The van der Waals surface area contributed by atoms with Crippen molar-refractivity contribution in [1.29, 1.82) is 0 Å². The molecule has 3 rings (SSSR count). The Hall–Kier alpha value is -1.32. The smallest absolute Gasteiger partial charge is 0.0917 e. The highest BCUT2D eigenvalue weighted by molar-refractivity contribution is 5.64. The monoisotopic (exact) mass is 272 g/mol. The van der Waals surface area contributed by atoms with Crippen molar-refractivity contribution in [3.63, 3.8) is 0 Å². The maximum Gasteiger partial charge on any atom is 0.0917 e. The number of aliphatic hydroxyl groups excluding tert-OH is 1. The lowest BCUT2D eigenvalue weighted by Gasteiger charge is -2.34. The molecule has 1 saturated heterocycles. The summed E-state index contributed by atoms with van der Waals surface area (Å²) in [5, 5.41) is 9.26. The molecule has 1 fully saturated rings. The van der Waals surface area contributed by atoms with Gasteiger partial charge in [0.25, 0.3) is 0 Å². The van der Waals surface area contributed by atoms with Crippen LogP contribution in [0.1, 0.15) is 25.3 Å². The third-order valence-electron chi connectivity index (χ3n) is 5.07. The molecule has 2 heterocycles. The summed E-state index contributed by atoms with van der Waals surface area (Å²) in [6, 6.07) is 8.79. The van der Waals surface area contributed by atoms with Crippen molar-refractivity contribution in [2.75, 3.05) is 32.1 Å². The Morgan fingerprint density at radius 3 is 2.90 bits per heavy atom. The van der Waals surface area contributed by atoms with E-state index in [9.17, 15) is 5.11 Å². The average molecular weight is 272 g/mol. The zero-order valence-corrected chi connectivity index (χ0v) is 12.6. The Morgan fingerprint density at radius 1 is 1.40 bits per heavy atom. The summed E-state index contributed by atoms with van der Waals surface area (Å²) in [7, 11) is 4.42. The normalized spacial score (nSPS) is 29.7. The van der Waals surface area contributed by atoms with Crippen LogP contribution in [0.3, 0.4) is 0 Å². The Bertz CT molecular complexity index is 540. The van der Waals surface area contributed by atoms with Crippen molar-refractivity contribution in [2.24, 2.45) is 0 Å². The van der Waals surface area contributed by atoms with Gasteiger partial charge in [-0.3, -0.25) is 4.90 Å². The van der Waals surface area contributed by atoms with E-state index in [1.54, 1.807) is 0 Å². The number of fused-ring (bicyclic) bond motifs is 3. The fourth-order valence-electron chi connectivity index (χ4n) is 4.06. The quantitative estimate of drug-likeness (QED) is 0.856. The summed E-state index contributed by atoms with van der Waals surface area (Å²) in [6.45, 7) is 3.30. The highest BCUT2D eigenvalue weighted by Crippen LogP contribution is 2.53. The molecule has 108 valence electrons. The molecule has 0 radical (unpaired) electrons. The molecule has 0 saturated carbocycles. The first-order valence-electron chi connectivity index (χ1n) is 7.39. The van der Waals surface area contributed by atoms with Gasteiger partial charge in [0.2, 0.25) is 0 Å². The second-order valence-corrected chi connectivity index (χ2v) is 6.30. The summed E-state index contributed by atoms with van der Waals surface area (Å²) in [5.74, 6) is 0.